The van der Waals surface area contributed by atoms with Crippen LogP contribution < -0.4 is 4.74 Å². The number of halogens is 1. The van der Waals surface area contributed by atoms with E-state index in [4.69, 9.17) is 4.74 Å². The number of benzene rings is 1. The average molecular weight is 390 g/mol. The lowest BCUT2D eigenvalue weighted by Gasteiger charge is -2.20. The molecule has 1 amide bonds. The fourth-order valence-corrected chi connectivity index (χ4v) is 4.92. The van der Waals surface area contributed by atoms with Gasteiger partial charge in [0, 0.05) is 30.0 Å². The molecule has 0 spiro atoms. The molecule has 1 aromatic rings. The summed E-state index contributed by atoms with van der Waals surface area (Å²) in [7, 11) is 0.385. The molecular formula is C15H20BrNO4S. The van der Waals surface area contributed by atoms with E-state index >= 15 is 0 Å². The normalized spacial score (nSPS) is 19.9. The van der Waals surface area contributed by atoms with Gasteiger partial charge in [0.2, 0.25) is 5.91 Å². The second-order valence-corrected chi connectivity index (χ2v) is 8.82. The predicted octanol–water partition coefficient (Wildman–Crippen LogP) is 2.24. The van der Waals surface area contributed by atoms with Crippen molar-refractivity contribution in [3.8, 4) is 5.75 Å². The van der Waals surface area contributed by atoms with Gasteiger partial charge in [0.25, 0.3) is 0 Å². The SMILES string of the molecule is COc1ccc(Br)cc1CN(C)C(=O)C[C@H]1CCS(=O)(=O)C1. The Morgan fingerprint density at radius 1 is 1.45 bits per heavy atom. The molecule has 1 heterocycles. The maximum absolute atomic E-state index is 12.3. The zero-order chi connectivity index (χ0) is 16.3. The summed E-state index contributed by atoms with van der Waals surface area (Å²) < 4.78 is 29.1. The van der Waals surface area contributed by atoms with E-state index < -0.39 is 9.84 Å². The van der Waals surface area contributed by atoms with Crippen LogP contribution in [0.5, 0.6) is 5.75 Å². The molecule has 1 aromatic carbocycles. The number of hydrogen-bond donors (Lipinski definition) is 0. The molecule has 122 valence electrons. The lowest BCUT2D eigenvalue weighted by atomic mass is 10.0. The van der Waals surface area contributed by atoms with Crippen LogP contribution in [0.3, 0.4) is 0 Å². The van der Waals surface area contributed by atoms with Gasteiger partial charge in [-0.15, -0.1) is 0 Å². The number of carbonyl (C=O) groups is 1. The Hall–Kier alpha value is -1.08. The fraction of sp³-hybridized carbons (Fsp3) is 0.533. The van der Waals surface area contributed by atoms with Crippen LogP contribution in [0.2, 0.25) is 0 Å². The Kier molecular flexibility index (Phi) is 5.50. The topological polar surface area (TPSA) is 63.7 Å². The van der Waals surface area contributed by atoms with Crippen molar-refractivity contribution in [2.24, 2.45) is 5.92 Å². The van der Waals surface area contributed by atoms with Crippen molar-refractivity contribution in [1.82, 2.24) is 4.90 Å². The molecule has 0 unspecified atom stereocenters. The van der Waals surface area contributed by atoms with E-state index in [0.717, 1.165) is 15.8 Å². The molecule has 2 rings (SSSR count). The number of carbonyl (C=O) groups excluding carboxylic acids is 1. The summed E-state index contributed by atoms with van der Waals surface area (Å²) in [6.07, 6.45) is 0.869. The van der Waals surface area contributed by atoms with Crippen LogP contribution in [0.15, 0.2) is 22.7 Å². The minimum Gasteiger partial charge on any atom is -0.496 e. The molecule has 0 N–H and O–H groups in total. The van der Waals surface area contributed by atoms with E-state index in [1.807, 2.05) is 18.2 Å². The van der Waals surface area contributed by atoms with Gasteiger partial charge in [-0.1, -0.05) is 15.9 Å². The van der Waals surface area contributed by atoms with Gasteiger partial charge in [0.15, 0.2) is 9.84 Å². The number of amides is 1. The van der Waals surface area contributed by atoms with Gasteiger partial charge in [-0.05, 0) is 30.5 Å². The summed E-state index contributed by atoms with van der Waals surface area (Å²) in [5, 5.41) is 0. The van der Waals surface area contributed by atoms with Crippen LogP contribution in [-0.2, 0) is 21.2 Å². The lowest BCUT2D eigenvalue weighted by Crippen LogP contribution is -2.28. The van der Waals surface area contributed by atoms with E-state index in [1.54, 1.807) is 19.1 Å². The molecule has 0 saturated carbocycles. The van der Waals surface area contributed by atoms with Crippen molar-refractivity contribution in [3.63, 3.8) is 0 Å². The standard InChI is InChI=1S/C15H20BrNO4S/c1-17(9-12-8-13(16)3-4-14(12)21-2)15(18)7-11-5-6-22(19,20)10-11/h3-4,8,11H,5-7,9-10H2,1-2H3/t11-/m1/s1. The predicted molar refractivity (Wildman–Crippen MR) is 88.5 cm³/mol. The van der Waals surface area contributed by atoms with Crippen molar-refractivity contribution in [2.75, 3.05) is 25.7 Å². The van der Waals surface area contributed by atoms with Crippen LogP contribution >= 0.6 is 15.9 Å². The highest BCUT2D eigenvalue weighted by Crippen LogP contribution is 2.26. The Labute approximate surface area is 139 Å². The zero-order valence-corrected chi connectivity index (χ0v) is 15.1. The number of rotatable bonds is 5. The molecule has 22 heavy (non-hydrogen) atoms. The van der Waals surface area contributed by atoms with E-state index in [2.05, 4.69) is 15.9 Å². The van der Waals surface area contributed by atoms with Gasteiger partial charge in [0.1, 0.15) is 5.75 Å². The Bertz CT molecular complexity index is 660. The van der Waals surface area contributed by atoms with Crippen molar-refractivity contribution >= 4 is 31.7 Å². The number of sulfone groups is 1. The maximum atomic E-state index is 12.3. The first kappa shape index (κ1) is 17.3. The average Bonchev–Trinajstić information content (AvgIpc) is 2.78. The molecule has 0 bridgehead atoms. The molecule has 1 fully saturated rings. The summed E-state index contributed by atoms with van der Waals surface area (Å²) in [6.45, 7) is 0.431. The van der Waals surface area contributed by atoms with Gasteiger partial charge in [0.05, 0.1) is 18.6 Å². The van der Waals surface area contributed by atoms with Gasteiger partial charge in [-0.2, -0.15) is 0 Å². The smallest absolute Gasteiger partial charge is 0.222 e. The largest absolute Gasteiger partial charge is 0.496 e. The molecule has 1 saturated heterocycles. The minimum absolute atomic E-state index is 0.0378. The highest BCUT2D eigenvalue weighted by Gasteiger charge is 2.30. The maximum Gasteiger partial charge on any atom is 0.222 e. The van der Waals surface area contributed by atoms with Crippen molar-refractivity contribution in [1.29, 1.82) is 0 Å². The second-order valence-electron chi connectivity index (χ2n) is 5.68. The molecule has 7 heteroatoms. The van der Waals surface area contributed by atoms with E-state index in [0.29, 0.717) is 13.0 Å². The Morgan fingerprint density at radius 3 is 2.77 bits per heavy atom. The first-order valence-corrected chi connectivity index (χ1v) is 9.69. The van der Waals surface area contributed by atoms with Crippen LogP contribution in [0.25, 0.3) is 0 Å². The summed E-state index contributed by atoms with van der Waals surface area (Å²) in [4.78, 5) is 13.9. The summed E-state index contributed by atoms with van der Waals surface area (Å²) in [6, 6.07) is 5.65. The third kappa shape index (κ3) is 4.46. The number of methoxy groups -OCH3 is 1. The first-order chi connectivity index (χ1) is 10.3. The Balaban J connectivity index is 1.98. The molecule has 0 aromatic heterocycles. The van der Waals surface area contributed by atoms with Crippen molar-refractivity contribution in [3.05, 3.63) is 28.2 Å². The summed E-state index contributed by atoms with van der Waals surface area (Å²) >= 11 is 3.41. The number of nitrogens with zero attached hydrogens (tertiary/aromatic N) is 1. The van der Waals surface area contributed by atoms with E-state index in [-0.39, 0.29) is 29.8 Å². The summed E-state index contributed by atoms with van der Waals surface area (Å²) in [5.41, 5.74) is 0.909. The molecule has 0 radical (unpaired) electrons. The fourth-order valence-electron chi connectivity index (χ4n) is 2.65. The van der Waals surface area contributed by atoms with Gasteiger partial charge in [-0.25, -0.2) is 8.42 Å². The van der Waals surface area contributed by atoms with Gasteiger partial charge in [-0.3, -0.25) is 4.79 Å². The van der Waals surface area contributed by atoms with Crippen LogP contribution in [0.1, 0.15) is 18.4 Å². The summed E-state index contributed by atoms with van der Waals surface area (Å²) in [5.74, 6) is 0.973. The molecule has 0 aliphatic carbocycles. The molecule has 1 aliphatic rings. The quantitative estimate of drug-likeness (QED) is 0.774. The highest BCUT2D eigenvalue weighted by molar-refractivity contribution is 9.10. The van der Waals surface area contributed by atoms with Crippen LogP contribution in [0.4, 0.5) is 0 Å². The first-order valence-electron chi connectivity index (χ1n) is 7.07. The van der Waals surface area contributed by atoms with Crippen LogP contribution in [0, 0.1) is 5.92 Å². The van der Waals surface area contributed by atoms with Gasteiger partial charge < -0.3 is 9.64 Å². The molecule has 1 atom stereocenters. The number of hydrogen-bond acceptors (Lipinski definition) is 4. The molecule has 1 aliphatic heterocycles. The molecular weight excluding hydrogens is 370 g/mol. The van der Waals surface area contributed by atoms with Crippen molar-refractivity contribution < 1.29 is 17.9 Å². The minimum atomic E-state index is -2.94. The van der Waals surface area contributed by atoms with E-state index in [9.17, 15) is 13.2 Å². The molecule has 5 nitrogen and oxygen atoms in total. The Morgan fingerprint density at radius 2 is 2.18 bits per heavy atom. The lowest BCUT2D eigenvalue weighted by molar-refractivity contribution is -0.131. The van der Waals surface area contributed by atoms with Gasteiger partial charge >= 0.3 is 0 Å². The highest BCUT2D eigenvalue weighted by atomic mass is 79.9. The number of ether oxygens (including phenoxy) is 1. The third-order valence-electron chi connectivity index (χ3n) is 3.87. The second kappa shape index (κ2) is 7.00. The third-order valence-corrected chi connectivity index (χ3v) is 6.20. The zero-order valence-electron chi connectivity index (χ0n) is 12.7. The van der Waals surface area contributed by atoms with Crippen molar-refractivity contribution in [2.45, 2.75) is 19.4 Å². The monoisotopic (exact) mass is 389 g/mol. The van der Waals surface area contributed by atoms with Crippen LogP contribution in [-0.4, -0.2) is 44.9 Å². The van der Waals surface area contributed by atoms with E-state index in [1.165, 1.54) is 0 Å².